The third-order valence-corrected chi connectivity index (χ3v) is 1.33. The van der Waals surface area contributed by atoms with Crippen molar-refractivity contribution in [2.45, 2.75) is 25.7 Å². The van der Waals surface area contributed by atoms with Crippen LogP contribution < -0.4 is 0 Å². The molecule has 0 aromatic carbocycles. The van der Waals surface area contributed by atoms with Crippen LogP contribution in [0.3, 0.4) is 0 Å². The molecule has 13 heavy (non-hydrogen) atoms. The number of halogens is 3. The Morgan fingerprint density at radius 2 is 2.23 bits per heavy atom. The minimum Gasteiger partial charge on any atom is -0.387 e. The lowest BCUT2D eigenvalue weighted by atomic mass is 10.3. The van der Waals surface area contributed by atoms with Gasteiger partial charge in [0.25, 0.3) is 0 Å². The van der Waals surface area contributed by atoms with Crippen molar-refractivity contribution in [3.05, 3.63) is 11.9 Å². The molecule has 0 spiro atoms. The van der Waals surface area contributed by atoms with Crippen LogP contribution in [-0.4, -0.2) is 26.3 Å². The van der Waals surface area contributed by atoms with Crippen LogP contribution in [0.25, 0.3) is 0 Å². The fourth-order valence-corrected chi connectivity index (χ4v) is 0.766. The summed E-state index contributed by atoms with van der Waals surface area (Å²) in [7, 11) is 0. The summed E-state index contributed by atoms with van der Waals surface area (Å²) >= 11 is 0. The van der Waals surface area contributed by atoms with Gasteiger partial charge in [-0.3, -0.25) is 0 Å². The Balaban J connectivity index is 2.70. The molecule has 0 aliphatic heterocycles. The molecule has 4 nitrogen and oxygen atoms in total. The molecule has 1 N–H and O–H groups in total. The number of hydrogen-bond acceptors (Lipinski definition) is 3. The number of hydrogen-bond donors (Lipinski definition) is 1. The number of nitrogens with zero attached hydrogens (tertiary/aromatic N) is 3. The fraction of sp³-hybridized carbons (Fsp3) is 0.667. The summed E-state index contributed by atoms with van der Waals surface area (Å²) < 4.78 is 36.0. The van der Waals surface area contributed by atoms with Gasteiger partial charge in [-0.05, 0) is 6.92 Å². The summed E-state index contributed by atoms with van der Waals surface area (Å²) in [4.78, 5) is 0. The fourth-order valence-electron chi connectivity index (χ4n) is 0.766. The van der Waals surface area contributed by atoms with Crippen LogP contribution in [0.15, 0.2) is 6.20 Å². The lowest BCUT2D eigenvalue weighted by Crippen LogP contribution is -2.18. The maximum atomic E-state index is 11.8. The van der Waals surface area contributed by atoms with Crippen molar-refractivity contribution in [2.75, 3.05) is 0 Å². The zero-order valence-electron chi connectivity index (χ0n) is 6.78. The van der Waals surface area contributed by atoms with Gasteiger partial charge in [0.15, 0.2) is 0 Å². The number of rotatable bonds is 2. The molecule has 0 saturated heterocycles. The summed E-state index contributed by atoms with van der Waals surface area (Å²) in [6, 6.07) is 0. The maximum Gasteiger partial charge on any atom is 0.408 e. The van der Waals surface area contributed by atoms with Gasteiger partial charge in [0, 0.05) is 0 Å². The van der Waals surface area contributed by atoms with E-state index < -0.39 is 18.8 Å². The predicted molar refractivity (Wildman–Crippen MR) is 36.7 cm³/mol. The Morgan fingerprint density at radius 1 is 1.62 bits per heavy atom. The van der Waals surface area contributed by atoms with Crippen LogP contribution in [0.4, 0.5) is 13.2 Å². The van der Waals surface area contributed by atoms with Gasteiger partial charge in [0.1, 0.15) is 12.2 Å². The second-order valence-corrected chi connectivity index (χ2v) is 2.63. The number of aliphatic hydroxyl groups is 1. The van der Waals surface area contributed by atoms with Gasteiger partial charge < -0.3 is 5.11 Å². The Morgan fingerprint density at radius 3 is 2.62 bits per heavy atom. The van der Waals surface area contributed by atoms with Gasteiger partial charge in [-0.25, -0.2) is 4.68 Å². The molecular weight excluding hydrogens is 187 g/mol. The second-order valence-electron chi connectivity index (χ2n) is 2.63. The highest BCUT2D eigenvalue weighted by molar-refractivity contribution is 4.95. The largest absolute Gasteiger partial charge is 0.408 e. The van der Waals surface area contributed by atoms with E-state index >= 15 is 0 Å². The summed E-state index contributed by atoms with van der Waals surface area (Å²) in [6.07, 6.45) is -4.15. The maximum absolute atomic E-state index is 11.8. The highest BCUT2D eigenvalue weighted by Gasteiger charge is 2.28. The third kappa shape index (κ3) is 3.02. The highest BCUT2D eigenvalue weighted by atomic mass is 19.4. The van der Waals surface area contributed by atoms with E-state index in [4.69, 9.17) is 5.11 Å². The van der Waals surface area contributed by atoms with Gasteiger partial charge in [0.05, 0.1) is 12.3 Å². The summed E-state index contributed by atoms with van der Waals surface area (Å²) in [5.74, 6) is 0. The standard InChI is InChI=1S/C6H8F3N3O/c1-4(13)5-2-12(11-10-5)3-6(7,8)9/h2,4,13H,3H2,1H3/t4-/m1/s1. The van der Waals surface area contributed by atoms with E-state index in [2.05, 4.69) is 10.3 Å². The van der Waals surface area contributed by atoms with Crippen LogP contribution in [0.1, 0.15) is 18.7 Å². The SMILES string of the molecule is C[C@@H](O)c1cn(CC(F)(F)F)nn1. The van der Waals surface area contributed by atoms with Gasteiger partial charge in [0.2, 0.25) is 0 Å². The average molecular weight is 195 g/mol. The lowest BCUT2D eigenvalue weighted by molar-refractivity contribution is -0.142. The predicted octanol–water partition coefficient (Wildman–Crippen LogP) is 0.894. The van der Waals surface area contributed by atoms with E-state index in [1.807, 2.05) is 0 Å². The van der Waals surface area contributed by atoms with Crippen molar-refractivity contribution in [1.82, 2.24) is 15.0 Å². The first-order chi connectivity index (χ1) is 5.88. The van der Waals surface area contributed by atoms with E-state index in [-0.39, 0.29) is 5.69 Å². The van der Waals surface area contributed by atoms with E-state index in [0.717, 1.165) is 6.20 Å². The minimum atomic E-state index is -4.32. The van der Waals surface area contributed by atoms with Gasteiger partial charge in [-0.2, -0.15) is 13.2 Å². The van der Waals surface area contributed by atoms with Crippen molar-refractivity contribution in [3.8, 4) is 0 Å². The molecule has 0 unspecified atom stereocenters. The first kappa shape index (κ1) is 9.97. The molecule has 0 saturated carbocycles. The molecule has 1 aromatic heterocycles. The molecule has 1 rings (SSSR count). The Labute approximate surface area is 72.0 Å². The summed E-state index contributed by atoms with van der Waals surface area (Å²) in [5.41, 5.74) is 0.129. The molecule has 1 aromatic rings. The van der Waals surface area contributed by atoms with E-state index in [0.29, 0.717) is 4.68 Å². The molecule has 0 amide bonds. The van der Waals surface area contributed by atoms with Crippen LogP contribution in [0.5, 0.6) is 0 Å². The third-order valence-electron chi connectivity index (χ3n) is 1.33. The second kappa shape index (κ2) is 3.33. The molecule has 0 radical (unpaired) electrons. The molecule has 7 heteroatoms. The normalized spacial score (nSPS) is 14.5. The summed E-state index contributed by atoms with van der Waals surface area (Å²) in [5, 5.41) is 15.5. The number of aromatic nitrogens is 3. The zero-order valence-corrected chi connectivity index (χ0v) is 6.78. The molecule has 74 valence electrons. The van der Waals surface area contributed by atoms with Crippen LogP contribution in [-0.2, 0) is 6.54 Å². The quantitative estimate of drug-likeness (QED) is 0.762. The summed E-state index contributed by atoms with van der Waals surface area (Å²) in [6.45, 7) is 0.217. The lowest BCUT2D eigenvalue weighted by Gasteiger charge is -2.04. The first-order valence-electron chi connectivity index (χ1n) is 3.53. The van der Waals surface area contributed by atoms with Crippen LogP contribution >= 0.6 is 0 Å². The highest BCUT2D eigenvalue weighted by Crippen LogP contribution is 2.17. The van der Waals surface area contributed by atoms with E-state index in [9.17, 15) is 13.2 Å². The average Bonchev–Trinajstić information content (AvgIpc) is 2.31. The van der Waals surface area contributed by atoms with Gasteiger partial charge in [-0.15, -0.1) is 5.10 Å². The Hall–Kier alpha value is -1.11. The zero-order chi connectivity index (χ0) is 10.1. The molecular formula is C6H8F3N3O. The van der Waals surface area contributed by atoms with Crippen LogP contribution in [0, 0.1) is 0 Å². The molecule has 0 fully saturated rings. The minimum absolute atomic E-state index is 0.129. The van der Waals surface area contributed by atoms with Crippen molar-refractivity contribution in [1.29, 1.82) is 0 Å². The topological polar surface area (TPSA) is 50.9 Å². The molecule has 1 atom stereocenters. The van der Waals surface area contributed by atoms with E-state index in [1.165, 1.54) is 6.92 Å². The van der Waals surface area contributed by atoms with Crippen molar-refractivity contribution >= 4 is 0 Å². The van der Waals surface area contributed by atoms with Crippen molar-refractivity contribution in [2.24, 2.45) is 0 Å². The molecule has 0 bridgehead atoms. The monoisotopic (exact) mass is 195 g/mol. The van der Waals surface area contributed by atoms with Gasteiger partial charge in [-0.1, -0.05) is 5.21 Å². The smallest absolute Gasteiger partial charge is 0.387 e. The first-order valence-corrected chi connectivity index (χ1v) is 3.53. The molecule has 1 heterocycles. The van der Waals surface area contributed by atoms with Gasteiger partial charge >= 0.3 is 6.18 Å². The van der Waals surface area contributed by atoms with Crippen molar-refractivity contribution < 1.29 is 18.3 Å². The number of aliphatic hydroxyl groups excluding tert-OH is 1. The Bertz CT molecular complexity index is 281. The number of alkyl halides is 3. The van der Waals surface area contributed by atoms with E-state index in [1.54, 1.807) is 0 Å². The molecule has 0 aliphatic carbocycles. The van der Waals surface area contributed by atoms with Crippen LogP contribution in [0.2, 0.25) is 0 Å². The molecule has 0 aliphatic rings. The Kier molecular flexibility index (Phi) is 2.55. The van der Waals surface area contributed by atoms with Crippen molar-refractivity contribution in [3.63, 3.8) is 0 Å².